The molecule has 1 aromatic heterocycles. The SMILES string of the molecule is CCC(=O)C[C@@H](Cc1nc(C)c(-c2cccc(Cl)c2)s1)C(=O)N[C@H](C(=O)C[C@@H](CCCCN)C(=O)N[C@@H]1CCOc2ccccc21)C1CCOCC1. The number of benzene rings is 2. The zero-order valence-corrected chi connectivity index (χ0v) is 31.7. The zero-order chi connectivity index (χ0) is 37.0. The van der Waals surface area contributed by atoms with Gasteiger partial charge in [0.2, 0.25) is 11.8 Å². The Morgan fingerprint density at radius 1 is 0.981 bits per heavy atom. The number of aryl methyl sites for hydroxylation is 1. The molecule has 5 rings (SSSR count). The third-order valence-corrected chi connectivity index (χ3v) is 11.5. The number of para-hydroxylation sites is 1. The number of carbonyl (C=O) groups is 4. The minimum atomic E-state index is -0.815. The fourth-order valence-corrected chi connectivity index (χ4v) is 8.45. The maximum Gasteiger partial charge on any atom is 0.224 e. The minimum Gasteiger partial charge on any atom is -0.493 e. The lowest BCUT2D eigenvalue weighted by molar-refractivity contribution is -0.136. The average Bonchev–Trinajstić information content (AvgIpc) is 3.52. The molecular formula is C40H51ClN4O6S. The van der Waals surface area contributed by atoms with Gasteiger partial charge in [-0.05, 0) is 68.8 Å². The molecule has 2 aromatic carbocycles. The fraction of sp³-hybridized carbons (Fsp3) is 0.525. The highest BCUT2D eigenvalue weighted by molar-refractivity contribution is 7.15. The highest BCUT2D eigenvalue weighted by atomic mass is 35.5. The van der Waals surface area contributed by atoms with Crippen LogP contribution in [0.25, 0.3) is 10.4 Å². The Balaban J connectivity index is 1.34. The molecule has 10 nitrogen and oxygen atoms in total. The number of nitrogens with one attached hydrogen (secondary N) is 2. The number of nitrogens with two attached hydrogens (primary N) is 1. The molecule has 2 amide bonds. The summed E-state index contributed by atoms with van der Waals surface area (Å²) in [5.41, 5.74) is 8.48. The van der Waals surface area contributed by atoms with Gasteiger partial charge in [0, 0.05) is 61.8 Å². The van der Waals surface area contributed by atoms with Crippen molar-refractivity contribution >= 4 is 46.3 Å². The summed E-state index contributed by atoms with van der Waals surface area (Å²) in [5.74, 6) is -1.47. The molecule has 1 saturated heterocycles. The maximum absolute atomic E-state index is 14.3. The highest BCUT2D eigenvalue weighted by Crippen LogP contribution is 2.34. The normalized spacial score (nSPS) is 17.7. The Morgan fingerprint density at radius 2 is 1.77 bits per heavy atom. The number of ketones is 2. The van der Waals surface area contributed by atoms with E-state index in [-0.39, 0.29) is 54.6 Å². The number of ether oxygens (including phenoxy) is 2. The number of nitrogens with zero attached hydrogens (tertiary/aromatic N) is 1. The highest BCUT2D eigenvalue weighted by Gasteiger charge is 2.36. The van der Waals surface area contributed by atoms with Crippen LogP contribution in [0.15, 0.2) is 48.5 Å². The monoisotopic (exact) mass is 750 g/mol. The van der Waals surface area contributed by atoms with Crippen molar-refractivity contribution in [1.29, 1.82) is 0 Å². The van der Waals surface area contributed by atoms with Gasteiger partial charge >= 0.3 is 0 Å². The van der Waals surface area contributed by atoms with Gasteiger partial charge < -0.3 is 25.8 Å². The Morgan fingerprint density at radius 3 is 2.52 bits per heavy atom. The molecule has 0 saturated carbocycles. The first kappa shape index (κ1) is 39.6. The van der Waals surface area contributed by atoms with Crippen LogP contribution >= 0.6 is 22.9 Å². The predicted octanol–water partition coefficient (Wildman–Crippen LogP) is 6.56. The molecule has 4 atom stereocenters. The molecule has 280 valence electrons. The van der Waals surface area contributed by atoms with Gasteiger partial charge in [-0.15, -0.1) is 11.3 Å². The Hall–Kier alpha value is -3.64. The van der Waals surface area contributed by atoms with E-state index >= 15 is 0 Å². The molecule has 0 bridgehead atoms. The molecule has 3 aromatic rings. The molecule has 2 aliphatic heterocycles. The van der Waals surface area contributed by atoms with Crippen molar-refractivity contribution in [3.8, 4) is 16.2 Å². The Bertz CT molecular complexity index is 1690. The number of aromatic nitrogens is 1. The second-order valence-corrected chi connectivity index (χ2v) is 15.4. The van der Waals surface area contributed by atoms with Crippen LogP contribution in [0.3, 0.4) is 0 Å². The van der Waals surface area contributed by atoms with E-state index in [0.29, 0.717) is 69.9 Å². The van der Waals surface area contributed by atoms with E-state index in [1.54, 1.807) is 6.92 Å². The van der Waals surface area contributed by atoms with Crippen molar-refractivity contribution in [2.24, 2.45) is 23.5 Å². The summed E-state index contributed by atoms with van der Waals surface area (Å²) in [7, 11) is 0. The second-order valence-electron chi connectivity index (χ2n) is 13.9. The number of Topliss-reactive ketones (excluding diaryl/α,β-unsaturated/α-hetero) is 2. The summed E-state index contributed by atoms with van der Waals surface area (Å²) in [4.78, 5) is 60.9. The first-order chi connectivity index (χ1) is 25.2. The van der Waals surface area contributed by atoms with Gasteiger partial charge in [0.05, 0.1) is 40.2 Å². The average molecular weight is 751 g/mol. The maximum atomic E-state index is 14.3. The Kier molecular flexibility index (Phi) is 14.8. The Labute approximate surface area is 315 Å². The predicted molar refractivity (Wildman–Crippen MR) is 203 cm³/mol. The van der Waals surface area contributed by atoms with E-state index in [1.807, 2.05) is 55.5 Å². The summed E-state index contributed by atoms with van der Waals surface area (Å²) in [6.45, 7) is 5.65. The molecule has 3 heterocycles. The topological polar surface area (TPSA) is 150 Å². The zero-order valence-electron chi connectivity index (χ0n) is 30.2. The van der Waals surface area contributed by atoms with Crippen molar-refractivity contribution in [1.82, 2.24) is 15.6 Å². The van der Waals surface area contributed by atoms with E-state index in [4.69, 9.17) is 31.8 Å². The number of fused-ring (bicyclic) bond motifs is 1. The van der Waals surface area contributed by atoms with Crippen LogP contribution in [0.1, 0.15) is 87.0 Å². The van der Waals surface area contributed by atoms with Gasteiger partial charge in [-0.2, -0.15) is 0 Å². The number of thiazole rings is 1. The molecule has 0 aliphatic carbocycles. The number of rotatable bonds is 18. The lowest BCUT2D eigenvalue weighted by Gasteiger charge is -2.32. The van der Waals surface area contributed by atoms with Gasteiger partial charge in [0.1, 0.15) is 11.5 Å². The third kappa shape index (κ3) is 10.7. The van der Waals surface area contributed by atoms with Gasteiger partial charge in [0.15, 0.2) is 5.78 Å². The number of carbonyl (C=O) groups excluding carboxylic acids is 4. The molecule has 1 fully saturated rings. The lowest BCUT2D eigenvalue weighted by Crippen LogP contribution is -2.50. The first-order valence-electron chi connectivity index (χ1n) is 18.5. The second kappa shape index (κ2) is 19.4. The first-order valence-corrected chi connectivity index (χ1v) is 19.7. The molecule has 4 N–H and O–H groups in total. The molecule has 0 radical (unpaired) electrons. The fourth-order valence-electron chi connectivity index (χ4n) is 7.12. The van der Waals surface area contributed by atoms with Crippen LogP contribution in [0.2, 0.25) is 5.02 Å². The summed E-state index contributed by atoms with van der Waals surface area (Å²) < 4.78 is 11.4. The van der Waals surface area contributed by atoms with E-state index in [9.17, 15) is 19.2 Å². The van der Waals surface area contributed by atoms with Crippen LogP contribution in [-0.2, 0) is 30.3 Å². The molecule has 0 unspecified atom stereocenters. The summed E-state index contributed by atoms with van der Waals surface area (Å²) in [6, 6.07) is 14.2. The number of halogens is 1. The quantitative estimate of drug-likeness (QED) is 0.124. The van der Waals surface area contributed by atoms with Gasteiger partial charge in [0.25, 0.3) is 0 Å². The summed E-state index contributed by atoms with van der Waals surface area (Å²) >= 11 is 7.74. The molecule has 52 heavy (non-hydrogen) atoms. The van der Waals surface area contributed by atoms with Crippen molar-refractivity contribution in [2.45, 2.75) is 90.1 Å². The van der Waals surface area contributed by atoms with E-state index in [0.717, 1.165) is 38.9 Å². The molecule has 12 heteroatoms. The van der Waals surface area contributed by atoms with E-state index in [1.165, 1.54) is 11.3 Å². The van der Waals surface area contributed by atoms with Gasteiger partial charge in [-0.3, -0.25) is 19.2 Å². The van der Waals surface area contributed by atoms with Crippen LogP contribution < -0.4 is 21.1 Å². The number of unbranched alkanes of at least 4 members (excludes halogenated alkanes) is 1. The largest absolute Gasteiger partial charge is 0.493 e. The van der Waals surface area contributed by atoms with E-state index < -0.39 is 17.9 Å². The lowest BCUT2D eigenvalue weighted by atomic mass is 9.83. The molecule has 2 aliphatic rings. The summed E-state index contributed by atoms with van der Waals surface area (Å²) in [5, 5.41) is 7.65. The van der Waals surface area contributed by atoms with Crippen LogP contribution in [0.4, 0.5) is 0 Å². The minimum absolute atomic E-state index is 0.0171. The number of hydrogen-bond acceptors (Lipinski definition) is 9. The van der Waals surface area contributed by atoms with Crippen LogP contribution in [0, 0.1) is 24.7 Å². The van der Waals surface area contributed by atoms with Crippen molar-refractivity contribution < 1.29 is 28.7 Å². The number of amides is 2. The standard InChI is InChI=1S/C40H51ClN4O6S/c1-3-31(46)22-29(24-36-43-25(2)38(52-36)27-10-8-11-30(41)21-27)40(49)45-37(26-14-18-50-19-15-26)34(47)23-28(9-6-7-17-42)39(48)44-33-16-20-51-35-13-5-4-12-32(33)35/h4-5,8,10-13,21,26,28-29,33,37H,3,6-7,9,14-20,22-24,42H2,1-2H3,(H,44,48)(H,45,49)/t28-,29+,33-,37+/m1/s1. The van der Waals surface area contributed by atoms with Crippen molar-refractivity contribution in [3.63, 3.8) is 0 Å². The van der Waals surface area contributed by atoms with Crippen molar-refractivity contribution in [3.05, 3.63) is 69.8 Å². The molecular weight excluding hydrogens is 700 g/mol. The van der Waals surface area contributed by atoms with Gasteiger partial charge in [-0.25, -0.2) is 4.98 Å². The van der Waals surface area contributed by atoms with Crippen molar-refractivity contribution in [2.75, 3.05) is 26.4 Å². The van der Waals surface area contributed by atoms with Crippen LogP contribution in [-0.4, -0.2) is 60.8 Å². The van der Waals surface area contributed by atoms with Gasteiger partial charge in [-0.1, -0.05) is 55.3 Å². The summed E-state index contributed by atoms with van der Waals surface area (Å²) in [6.07, 6.45) is 4.36. The third-order valence-electron chi connectivity index (χ3n) is 10.1. The molecule has 0 spiro atoms. The van der Waals surface area contributed by atoms with E-state index in [2.05, 4.69) is 10.6 Å². The smallest absolute Gasteiger partial charge is 0.224 e. The van der Waals surface area contributed by atoms with Crippen LogP contribution in [0.5, 0.6) is 5.75 Å². The number of hydrogen-bond donors (Lipinski definition) is 3.